The highest BCUT2D eigenvalue weighted by Gasteiger charge is 2.13. The zero-order valence-corrected chi connectivity index (χ0v) is 14.3. The summed E-state index contributed by atoms with van der Waals surface area (Å²) in [6.45, 7) is 4.39. The van der Waals surface area contributed by atoms with Gasteiger partial charge in [0.2, 0.25) is 5.95 Å². The zero-order chi connectivity index (χ0) is 18.0. The second-order valence-corrected chi connectivity index (χ2v) is 5.90. The van der Waals surface area contributed by atoms with Crippen molar-refractivity contribution in [2.24, 2.45) is 0 Å². The zero-order valence-electron chi connectivity index (χ0n) is 14.3. The Balaban J connectivity index is 1.84. The van der Waals surface area contributed by atoms with Gasteiger partial charge in [0.1, 0.15) is 0 Å². The Bertz CT molecular complexity index is 899. The van der Waals surface area contributed by atoms with Crippen LogP contribution in [0.3, 0.4) is 0 Å². The van der Waals surface area contributed by atoms with Gasteiger partial charge in [0.05, 0.1) is 29.8 Å². The summed E-state index contributed by atoms with van der Waals surface area (Å²) in [5.41, 5.74) is 3.44. The standard InChI is InChI=1S/C18H19N5O2/c1-12-8-13(2)21-18(20-12)22(3)9-14-10-23(11-19-14)16-7-5-4-6-15(16)17(24)25/h4-8,10-11H,9H2,1-3H3,(H,24,25). The van der Waals surface area contributed by atoms with Crippen molar-refractivity contribution in [2.75, 3.05) is 11.9 Å². The van der Waals surface area contributed by atoms with Crippen LogP contribution in [0.2, 0.25) is 0 Å². The molecule has 0 atom stereocenters. The number of carboxylic acid groups (broad SMARTS) is 1. The number of rotatable bonds is 5. The number of nitrogens with zero attached hydrogens (tertiary/aromatic N) is 5. The predicted octanol–water partition coefficient (Wildman–Crippen LogP) is 2.61. The number of anilines is 1. The first-order chi connectivity index (χ1) is 11.9. The van der Waals surface area contributed by atoms with Gasteiger partial charge < -0.3 is 14.6 Å². The maximum absolute atomic E-state index is 11.4. The minimum atomic E-state index is -0.966. The van der Waals surface area contributed by atoms with Gasteiger partial charge in [-0.05, 0) is 32.0 Å². The normalized spacial score (nSPS) is 10.7. The quantitative estimate of drug-likeness (QED) is 0.770. The molecular formula is C18H19N5O2. The highest BCUT2D eigenvalue weighted by atomic mass is 16.4. The van der Waals surface area contributed by atoms with Crippen molar-refractivity contribution in [3.05, 3.63) is 65.5 Å². The maximum Gasteiger partial charge on any atom is 0.337 e. The van der Waals surface area contributed by atoms with Gasteiger partial charge in [0.25, 0.3) is 0 Å². The molecule has 128 valence electrons. The maximum atomic E-state index is 11.4. The largest absolute Gasteiger partial charge is 0.478 e. The molecule has 0 fully saturated rings. The lowest BCUT2D eigenvalue weighted by Crippen LogP contribution is -2.20. The van der Waals surface area contributed by atoms with Crippen molar-refractivity contribution in [3.8, 4) is 5.69 Å². The Labute approximate surface area is 145 Å². The van der Waals surface area contributed by atoms with E-state index in [0.717, 1.165) is 17.1 Å². The Morgan fingerprint density at radius 2 is 1.88 bits per heavy atom. The number of hydrogen-bond donors (Lipinski definition) is 1. The molecule has 0 aliphatic heterocycles. The van der Waals surface area contributed by atoms with Crippen LogP contribution in [-0.4, -0.2) is 37.6 Å². The predicted molar refractivity (Wildman–Crippen MR) is 94.1 cm³/mol. The fraction of sp³-hybridized carbons (Fsp3) is 0.222. The van der Waals surface area contributed by atoms with Gasteiger partial charge in [0.15, 0.2) is 0 Å². The second-order valence-electron chi connectivity index (χ2n) is 5.90. The van der Waals surface area contributed by atoms with E-state index in [0.29, 0.717) is 18.2 Å². The van der Waals surface area contributed by atoms with Crippen LogP contribution in [0, 0.1) is 13.8 Å². The molecule has 7 nitrogen and oxygen atoms in total. The van der Waals surface area contributed by atoms with Crippen molar-refractivity contribution < 1.29 is 9.90 Å². The van der Waals surface area contributed by atoms with Crippen molar-refractivity contribution in [2.45, 2.75) is 20.4 Å². The van der Waals surface area contributed by atoms with E-state index in [2.05, 4.69) is 15.0 Å². The van der Waals surface area contributed by atoms with Crippen LogP contribution < -0.4 is 4.90 Å². The molecule has 25 heavy (non-hydrogen) atoms. The highest BCUT2D eigenvalue weighted by Crippen LogP contribution is 2.16. The topological polar surface area (TPSA) is 84.1 Å². The number of benzene rings is 1. The van der Waals surface area contributed by atoms with E-state index in [9.17, 15) is 9.90 Å². The number of aromatic carboxylic acids is 1. The summed E-state index contributed by atoms with van der Waals surface area (Å²) >= 11 is 0. The first-order valence-corrected chi connectivity index (χ1v) is 7.83. The van der Waals surface area contributed by atoms with E-state index in [1.165, 1.54) is 0 Å². The first kappa shape index (κ1) is 16.6. The number of hydrogen-bond acceptors (Lipinski definition) is 5. The van der Waals surface area contributed by atoms with E-state index in [1.54, 1.807) is 35.2 Å². The molecule has 2 aromatic heterocycles. The van der Waals surface area contributed by atoms with Crippen molar-refractivity contribution in [1.82, 2.24) is 19.5 Å². The molecule has 0 bridgehead atoms. The summed E-state index contributed by atoms with van der Waals surface area (Å²) in [4.78, 5) is 26.5. The third-order valence-corrected chi connectivity index (χ3v) is 3.76. The smallest absolute Gasteiger partial charge is 0.337 e. The summed E-state index contributed by atoms with van der Waals surface area (Å²) in [6.07, 6.45) is 3.44. The van der Waals surface area contributed by atoms with E-state index in [-0.39, 0.29) is 5.56 Å². The molecule has 3 aromatic rings. The van der Waals surface area contributed by atoms with E-state index >= 15 is 0 Å². The van der Waals surface area contributed by atoms with Crippen molar-refractivity contribution >= 4 is 11.9 Å². The number of imidazole rings is 1. The third kappa shape index (κ3) is 3.65. The monoisotopic (exact) mass is 337 g/mol. The van der Waals surface area contributed by atoms with Crippen LogP contribution >= 0.6 is 0 Å². The fourth-order valence-electron chi connectivity index (χ4n) is 2.65. The molecule has 0 amide bonds. The molecule has 7 heteroatoms. The summed E-state index contributed by atoms with van der Waals surface area (Å²) in [6, 6.07) is 8.76. The highest BCUT2D eigenvalue weighted by molar-refractivity contribution is 5.91. The minimum absolute atomic E-state index is 0.234. The van der Waals surface area contributed by atoms with Crippen molar-refractivity contribution in [3.63, 3.8) is 0 Å². The molecule has 1 aromatic carbocycles. The fourth-order valence-corrected chi connectivity index (χ4v) is 2.65. The third-order valence-electron chi connectivity index (χ3n) is 3.76. The molecule has 2 heterocycles. The summed E-state index contributed by atoms with van der Waals surface area (Å²) in [5.74, 6) is -0.329. The molecule has 0 aliphatic rings. The Morgan fingerprint density at radius 3 is 2.56 bits per heavy atom. The van der Waals surface area contributed by atoms with Crippen molar-refractivity contribution in [1.29, 1.82) is 0 Å². The summed E-state index contributed by atoms with van der Waals surface area (Å²) in [5, 5.41) is 9.32. The lowest BCUT2D eigenvalue weighted by Gasteiger charge is -2.16. The molecule has 0 radical (unpaired) electrons. The lowest BCUT2D eigenvalue weighted by atomic mass is 10.2. The van der Waals surface area contributed by atoms with Crippen LogP contribution in [0.25, 0.3) is 5.69 Å². The molecule has 0 saturated carbocycles. The van der Waals surface area contributed by atoms with Crippen LogP contribution in [-0.2, 0) is 6.54 Å². The second kappa shape index (κ2) is 6.72. The average molecular weight is 337 g/mol. The van der Waals surface area contributed by atoms with E-state index < -0.39 is 5.97 Å². The number of aryl methyl sites for hydroxylation is 2. The average Bonchev–Trinajstić information content (AvgIpc) is 3.02. The van der Waals surface area contributed by atoms with Gasteiger partial charge >= 0.3 is 5.97 Å². The first-order valence-electron chi connectivity index (χ1n) is 7.83. The number of para-hydroxylation sites is 1. The summed E-state index contributed by atoms with van der Waals surface area (Å²) in [7, 11) is 1.90. The van der Waals surface area contributed by atoms with E-state index in [1.807, 2.05) is 38.1 Å². The minimum Gasteiger partial charge on any atom is -0.478 e. The lowest BCUT2D eigenvalue weighted by molar-refractivity contribution is 0.0697. The SMILES string of the molecule is Cc1cc(C)nc(N(C)Cc2cn(-c3ccccc3C(=O)O)cn2)n1. The van der Waals surface area contributed by atoms with Gasteiger partial charge in [-0.2, -0.15) is 0 Å². The van der Waals surface area contributed by atoms with Crippen LogP contribution in [0.4, 0.5) is 5.95 Å². The van der Waals surface area contributed by atoms with Crippen LogP contribution in [0.1, 0.15) is 27.4 Å². The number of carboxylic acids is 1. The van der Waals surface area contributed by atoms with Crippen LogP contribution in [0.15, 0.2) is 42.9 Å². The van der Waals surface area contributed by atoms with Gasteiger partial charge in [-0.1, -0.05) is 12.1 Å². The molecule has 3 rings (SSSR count). The molecule has 0 aliphatic carbocycles. The molecule has 0 unspecified atom stereocenters. The van der Waals surface area contributed by atoms with Crippen LogP contribution in [0.5, 0.6) is 0 Å². The van der Waals surface area contributed by atoms with E-state index in [4.69, 9.17) is 0 Å². The Hall–Kier alpha value is -3.22. The van der Waals surface area contributed by atoms with Gasteiger partial charge in [-0.3, -0.25) is 0 Å². The Morgan fingerprint density at radius 1 is 1.20 bits per heavy atom. The number of aromatic nitrogens is 4. The Kier molecular flexibility index (Phi) is 4.47. The van der Waals surface area contributed by atoms with Gasteiger partial charge in [0, 0.05) is 24.6 Å². The molecule has 0 spiro atoms. The van der Waals surface area contributed by atoms with Gasteiger partial charge in [-0.25, -0.2) is 19.7 Å². The number of carbonyl (C=O) groups is 1. The molecule has 0 saturated heterocycles. The molecule has 1 N–H and O–H groups in total. The van der Waals surface area contributed by atoms with Gasteiger partial charge in [-0.15, -0.1) is 0 Å². The molecular weight excluding hydrogens is 318 g/mol. The summed E-state index contributed by atoms with van der Waals surface area (Å²) < 4.78 is 1.72.